The van der Waals surface area contributed by atoms with Gasteiger partial charge in [0.25, 0.3) is 5.91 Å². The summed E-state index contributed by atoms with van der Waals surface area (Å²) in [6, 6.07) is 22.0. The van der Waals surface area contributed by atoms with Gasteiger partial charge in [0.05, 0.1) is 10.6 Å². The van der Waals surface area contributed by atoms with Crippen LogP contribution in [0.4, 0.5) is 5.69 Å². The number of aliphatic imine (C=N–C) groups is 1. The van der Waals surface area contributed by atoms with Gasteiger partial charge in [-0.15, -0.1) is 5.10 Å². The summed E-state index contributed by atoms with van der Waals surface area (Å²) < 4.78 is 7.61. The molecule has 0 radical (unpaired) electrons. The minimum Gasteiger partial charge on any atom is -0.550 e. The Labute approximate surface area is 244 Å². The van der Waals surface area contributed by atoms with Gasteiger partial charge in [-0.1, -0.05) is 48.5 Å². The normalized spacial score (nSPS) is 14.8. The van der Waals surface area contributed by atoms with Gasteiger partial charge in [0, 0.05) is 12.4 Å². The first-order valence-corrected chi connectivity index (χ1v) is 12.0. The van der Waals surface area contributed by atoms with Crippen molar-refractivity contribution in [1.29, 1.82) is 0 Å². The molecule has 5 rings (SSSR count). The molecule has 184 valence electrons. The zero-order valence-electron chi connectivity index (χ0n) is 20.3. The van der Waals surface area contributed by atoms with Crippen LogP contribution in [0.3, 0.4) is 0 Å². The Morgan fingerprint density at radius 3 is 2.58 bits per heavy atom. The van der Waals surface area contributed by atoms with E-state index in [1.165, 1.54) is 22.8 Å². The Bertz CT molecular complexity index is 1490. The van der Waals surface area contributed by atoms with E-state index in [1.807, 2.05) is 48.5 Å². The molecule has 0 bridgehead atoms. The van der Waals surface area contributed by atoms with Gasteiger partial charge < -0.3 is 20.0 Å². The number of aliphatic carboxylic acids is 1. The number of carbonyl (C=O) groups excluding carboxylic acids is 2. The summed E-state index contributed by atoms with van der Waals surface area (Å²) in [5, 5.41) is 25.3. The number of amides is 1. The number of carboxylic acids is 1. The van der Waals surface area contributed by atoms with Crippen LogP contribution < -0.4 is 44.7 Å². The zero-order chi connectivity index (χ0) is 25.6. The van der Waals surface area contributed by atoms with Crippen molar-refractivity contribution in [1.82, 2.24) is 25.5 Å². The molecule has 1 aliphatic rings. The summed E-state index contributed by atoms with van der Waals surface area (Å²) in [4.78, 5) is 28.2. The quantitative estimate of drug-likeness (QED) is 0.235. The van der Waals surface area contributed by atoms with Gasteiger partial charge in [0.1, 0.15) is 24.4 Å². The van der Waals surface area contributed by atoms with Crippen molar-refractivity contribution in [3.8, 4) is 11.4 Å². The second kappa shape index (κ2) is 12.7. The average Bonchev–Trinajstić information content (AvgIpc) is 3.54. The molecule has 1 amide bonds. The van der Waals surface area contributed by atoms with Crippen LogP contribution in [0.2, 0.25) is 0 Å². The summed E-state index contributed by atoms with van der Waals surface area (Å²) >= 11 is 1.21. The minimum absolute atomic E-state index is 0. The number of nitrogens with zero attached hydrogens (tertiary/aromatic N) is 5. The van der Waals surface area contributed by atoms with E-state index in [9.17, 15) is 14.7 Å². The van der Waals surface area contributed by atoms with Crippen molar-refractivity contribution < 1.29 is 49.0 Å². The number of carboxylic acid groups (broad SMARTS) is 1. The Balaban J connectivity index is 0.00000336. The number of hydrogen-bond acceptors (Lipinski definition) is 9. The maximum absolute atomic E-state index is 12.6. The molecule has 38 heavy (non-hydrogen) atoms. The van der Waals surface area contributed by atoms with Gasteiger partial charge in [0.2, 0.25) is 0 Å². The number of hydrogen-bond donors (Lipinski definition) is 1. The number of carbonyl (C=O) groups is 2. The summed E-state index contributed by atoms with van der Waals surface area (Å²) in [5.41, 5.74) is 3.63. The predicted octanol–water partition coefficient (Wildman–Crippen LogP) is -0.571. The van der Waals surface area contributed by atoms with Gasteiger partial charge in [-0.05, 0) is 69.2 Å². The second-order valence-electron chi connectivity index (χ2n) is 7.95. The van der Waals surface area contributed by atoms with E-state index in [2.05, 4.69) is 25.8 Å². The molecule has 10 nitrogen and oxygen atoms in total. The zero-order valence-corrected chi connectivity index (χ0v) is 23.1. The summed E-state index contributed by atoms with van der Waals surface area (Å²) in [6.45, 7) is 0.351. The molecule has 0 atom stereocenters. The summed E-state index contributed by atoms with van der Waals surface area (Å²) in [5.74, 6) is -0.861. The SMILES string of the molecule is O=C([O-])Cc1ccc(N=C2NC(=O)C(=Cc3ccc(-n4cnnn4)c(OCc4ccccc4)c3)S2)cc1.[Na+]. The van der Waals surface area contributed by atoms with Crippen LogP contribution in [-0.4, -0.2) is 37.3 Å². The fourth-order valence-corrected chi connectivity index (χ4v) is 4.38. The molecule has 1 aliphatic heterocycles. The van der Waals surface area contributed by atoms with Crippen molar-refractivity contribution in [2.45, 2.75) is 13.0 Å². The third-order valence-corrected chi connectivity index (χ3v) is 6.19. The van der Waals surface area contributed by atoms with E-state index in [4.69, 9.17) is 4.74 Å². The van der Waals surface area contributed by atoms with Crippen LogP contribution in [0.15, 0.2) is 89.0 Å². The third-order valence-electron chi connectivity index (χ3n) is 5.28. The Morgan fingerprint density at radius 1 is 1.08 bits per heavy atom. The maximum atomic E-state index is 12.6. The number of rotatable bonds is 8. The first-order chi connectivity index (χ1) is 18.0. The number of ether oxygens (including phenoxy) is 1. The molecule has 0 aliphatic carbocycles. The fourth-order valence-electron chi connectivity index (χ4n) is 3.54. The summed E-state index contributed by atoms with van der Waals surface area (Å²) in [7, 11) is 0. The molecule has 0 saturated carbocycles. The van der Waals surface area contributed by atoms with Gasteiger partial charge in [0.15, 0.2) is 5.17 Å². The van der Waals surface area contributed by atoms with Crippen LogP contribution in [0.5, 0.6) is 5.75 Å². The molecule has 12 heteroatoms. The Kier molecular flexibility index (Phi) is 9.08. The molecule has 1 N–H and O–H groups in total. The molecule has 1 fully saturated rings. The number of nitrogens with one attached hydrogen (secondary N) is 1. The van der Waals surface area contributed by atoms with E-state index in [-0.39, 0.29) is 41.9 Å². The number of amidine groups is 1. The van der Waals surface area contributed by atoms with Crippen LogP contribution in [-0.2, 0) is 22.6 Å². The molecule has 1 saturated heterocycles. The smallest absolute Gasteiger partial charge is 0.550 e. The van der Waals surface area contributed by atoms with E-state index < -0.39 is 5.97 Å². The first kappa shape index (κ1) is 27.3. The number of thioether (sulfide) groups is 1. The summed E-state index contributed by atoms with van der Waals surface area (Å²) in [6.07, 6.45) is 3.07. The predicted molar refractivity (Wildman–Crippen MR) is 136 cm³/mol. The number of aromatic nitrogens is 4. The molecule has 0 unspecified atom stereocenters. The average molecular weight is 535 g/mol. The van der Waals surface area contributed by atoms with E-state index in [1.54, 1.807) is 30.3 Å². The van der Waals surface area contributed by atoms with Crippen molar-refractivity contribution >= 4 is 40.6 Å². The van der Waals surface area contributed by atoms with Crippen LogP contribution in [0.25, 0.3) is 11.8 Å². The standard InChI is InChI=1S/C26H20N6O4S.Na/c33-24(34)14-17-6-9-20(10-7-17)28-26-29-25(35)23(37-26)13-19-8-11-21(32-16-27-30-31-32)22(12-19)36-15-18-4-2-1-3-5-18;/h1-13,16H,14-15H2,(H,33,34)(H,28,29,35);/q;+1/p-1. The van der Waals surface area contributed by atoms with Gasteiger partial charge >= 0.3 is 29.6 Å². The van der Waals surface area contributed by atoms with Crippen molar-refractivity contribution in [2.75, 3.05) is 0 Å². The topological polar surface area (TPSA) is 134 Å². The van der Waals surface area contributed by atoms with Crippen molar-refractivity contribution in [3.63, 3.8) is 0 Å². The molecular weight excluding hydrogens is 515 g/mol. The monoisotopic (exact) mass is 534 g/mol. The maximum Gasteiger partial charge on any atom is 1.00 e. The molecule has 0 spiro atoms. The van der Waals surface area contributed by atoms with Crippen LogP contribution in [0, 0.1) is 0 Å². The number of tetrazole rings is 1. The van der Waals surface area contributed by atoms with Gasteiger partial charge in [-0.3, -0.25) is 4.79 Å². The van der Waals surface area contributed by atoms with Crippen molar-refractivity contribution in [2.24, 2.45) is 4.99 Å². The second-order valence-corrected chi connectivity index (χ2v) is 8.98. The fraction of sp³-hybridized carbons (Fsp3) is 0.0769. The van der Waals surface area contributed by atoms with Crippen LogP contribution >= 0.6 is 11.8 Å². The van der Waals surface area contributed by atoms with Gasteiger partial charge in [-0.2, -0.15) is 4.68 Å². The van der Waals surface area contributed by atoms with Gasteiger partial charge in [-0.25, -0.2) is 4.99 Å². The molecule has 1 aromatic heterocycles. The first-order valence-electron chi connectivity index (χ1n) is 11.2. The largest absolute Gasteiger partial charge is 1.00 e. The molecule has 3 aromatic carbocycles. The van der Waals surface area contributed by atoms with E-state index in [0.29, 0.717) is 39.4 Å². The third kappa shape index (κ3) is 6.95. The number of benzene rings is 3. The Morgan fingerprint density at radius 2 is 1.87 bits per heavy atom. The van der Waals surface area contributed by atoms with Crippen LogP contribution in [0.1, 0.15) is 16.7 Å². The minimum atomic E-state index is -1.15. The van der Waals surface area contributed by atoms with E-state index in [0.717, 1.165) is 11.1 Å². The van der Waals surface area contributed by atoms with Crippen molar-refractivity contribution in [3.05, 3.63) is 101 Å². The Hall–Kier alpha value is -3.77. The molecular formula is C26H19N6NaO4S. The molecule has 2 heterocycles. The van der Waals surface area contributed by atoms with E-state index >= 15 is 0 Å². The molecule has 4 aromatic rings.